The quantitative estimate of drug-likeness (QED) is 0.847. The van der Waals surface area contributed by atoms with Crippen molar-refractivity contribution in [3.63, 3.8) is 0 Å². The number of rotatable bonds is 2. The lowest BCUT2D eigenvalue weighted by molar-refractivity contribution is 0.0602. The molecule has 2 N–H and O–H groups in total. The van der Waals surface area contributed by atoms with Crippen molar-refractivity contribution in [3.8, 4) is 0 Å². The molecule has 1 aliphatic heterocycles. The van der Waals surface area contributed by atoms with Crippen LogP contribution in [-0.4, -0.2) is 36.5 Å². The highest BCUT2D eigenvalue weighted by Gasteiger charge is 2.74. The third-order valence-electron chi connectivity index (χ3n) is 4.16. The van der Waals surface area contributed by atoms with E-state index >= 15 is 0 Å². The molecule has 1 saturated heterocycles. The molecule has 1 saturated carbocycles. The third-order valence-corrected chi connectivity index (χ3v) is 4.16. The van der Waals surface area contributed by atoms with Gasteiger partial charge in [0.2, 0.25) is 0 Å². The summed E-state index contributed by atoms with van der Waals surface area (Å²) in [4.78, 5) is 2.14. The summed E-state index contributed by atoms with van der Waals surface area (Å²) in [5.41, 5.74) is 4.98. The first-order valence-corrected chi connectivity index (χ1v) is 5.71. The van der Waals surface area contributed by atoms with E-state index in [9.17, 15) is 8.78 Å². The lowest BCUT2D eigenvalue weighted by Crippen LogP contribution is -2.41. The Bertz CT molecular complexity index is 240. The molecule has 2 aliphatic rings. The van der Waals surface area contributed by atoms with Crippen LogP contribution in [0.5, 0.6) is 0 Å². The number of alkyl halides is 2. The van der Waals surface area contributed by atoms with Crippen LogP contribution in [0.15, 0.2) is 0 Å². The molecule has 2 rings (SSSR count). The third kappa shape index (κ3) is 3.03. The molecule has 6 heteroatoms. The minimum absolute atomic E-state index is 0. The summed E-state index contributed by atoms with van der Waals surface area (Å²) in [7, 11) is 0. The second kappa shape index (κ2) is 5.55. The molecule has 2 fully saturated rings. The number of likely N-dealkylation sites (tertiary alicyclic amines) is 1. The summed E-state index contributed by atoms with van der Waals surface area (Å²) < 4.78 is 26.7. The second-order valence-electron chi connectivity index (χ2n) is 5.54. The van der Waals surface area contributed by atoms with Gasteiger partial charge in [-0.25, -0.2) is 8.78 Å². The molecule has 17 heavy (non-hydrogen) atoms. The highest BCUT2D eigenvalue weighted by molar-refractivity contribution is 5.85. The maximum Gasteiger partial charge on any atom is 0.258 e. The van der Waals surface area contributed by atoms with E-state index in [2.05, 4.69) is 4.90 Å². The Morgan fingerprint density at radius 2 is 1.59 bits per heavy atom. The number of hydrogen-bond acceptors (Lipinski definition) is 2. The molecule has 2 nitrogen and oxygen atoms in total. The molecule has 1 aliphatic carbocycles. The molecule has 0 radical (unpaired) electrons. The first-order valence-electron chi connectivity index (χ1n) is 5.71. The predicted molar refractivity (Wildman–Crippen MR) is 70.4 cm³/mol. The van der Waals surface area contributed by atoms with Crippen LogP contribution >= 0.6 is 24.8 Å². The molecular weight excluding hydrogens is 269 g/mol. The van der Waals surface area contributed by atoms with E-state index in [0.717, 1.165) is 25.9 Å². The van der Waals surface area contributed by atoms with Crippen molar-refractivity contribution in [2.75, 3.05) is 19.6 Å². The molecule has 0 amide bonds. The largest absolute Gasteiger partial charge is 0.328 e. The predicted octanol–water partition coefficient (Wildman–Crippen LogP) is 2.54. The summed E-state index contributed by atoms with van der Waals surface area (Å²) >= 11 is 0. The highest BCUT2D eigenvalue weighted by Crippen LogP contribution is 2.65. The van der Waals surface area contributed by atoms with Gasteiger partial charge >= 0.3 is 0 Å². The molecule has 0 spiro atoms. The Balaban J connectivity index is 0.00000128. The smallest absolute Gasteiger partial charge is 0.258 e. The molecular formula is C11H22Cl2F2N2. The van der Waals surface area contributed by atoms with Gasteiger partial charge in [-0.1, -0.05) is 13.8 Å². The number of halogens is 4. The van der Waals surface area contributed by atoms with Crippen molar-refractivity contribution in [3.05, 3.63) is 0 Å². The zero-order chi connectivity index (χ0) is 11.3. The number of nitrogens with two attached hydrogens (primary N) is 1. The van der Waals surface area contributed by atoms with Crippen LogP contribution in [-0.2, 0) is 0 Å². The van der Waals surface area contributed by atoms with Crippen molar-refractivity contribution in [1.82, 2.24) is 4.90 Å². The fourth-order valence-corrected chi connectivity index (χ4v) is 2.49. The van der Waals surface area contributed by atoms with E-state index in [-0.39, 0.29) is 30.9 Å². The van der Waals surface area contributed by atoms with Crippen molar-refractivity contribution in [2.45, 2.75) is 38.7 Å². The van der Waals surface area contributed by atoms with Crippen LogP contribution in [0.1, 0.15) is 26.7 Å². The number of nitrogens with zero attached hydrogens (tertiary/aromatic N) is 1. The van der Waals surface area contributed by atoms with E-state index in [0.29, 0.717) is 6.54 Å². The number of piperidine rings is 1. The molecule has 0 aromatic rings. The zero-order valence-corrected chi connectivity index (χ0v) is 11.9. The minimum atomic E-state index is -2.47. The average Bonchev–Trinajstić information content (AvgIpc) is 2.52. The Labute approximate surface area is 114 Å². The maximum absolute atomic E-state index is 13.4. The maximum atomic E-state index is 13.4. The minimum Gasteiger partial charge on any atom is -0.328 e. The fourth-order valence-electron chi connectivity index (χ4n) is 2.49. The summed E-state index contributed by atoms with van der Waals surface area (Å²) in [6.07, 6.45) is 1.89. The summed E-state index contributed by atoms with van der Waals surface area (Å²) in [6.45, 7) is 5.61. The van der Waals surface area contributed by atoms with Crippen LogP contribution < -0.4 is 5.73 Å². The van der Waals surface area contributed by atoms with Crippen LogP contribution in [0.2, 0.25) is 0 Å². The fraction of sp³-hybridized carbons (Fsp3) is 1.00. The molecule has 1 atom stereocenters. The highest BCUT2D eigenvalue weighted by atomic mass is 35.5. The van der Waals surface area contributed by atoms with Gasteiger partial charge in [0.1, 0.15) is 0 Å². The summed E-state index contributed by atoms with van der Waals surface area (Å²) in [5.74, 6) is -2.92. The molecule has 0 aromatic carbocycles. The van der Waals surface area contributed by atoms with Gasteiger partial charge in [-0.2, -0.15) is 0 Å². The van der Waals surface area contributed by atoms with Crippen LogP contribution in [0.25, 0.3) is 0 Å². The molecule has 0 aromatic heterocycles. The molecule has 0 bridgehead atoms. The van der Waals surface area contributed by atoms with E-state index < -0.39 is 17.3 Å². The zero-order valence-electron chi connectivity index (χ0n) is 10.3. The van der Waals surface area contributed by atoms with Crippen molar-refractivity contribution in [2.24, 2.45) is 17.1 Å². The molecule has 1 heterocycles. The monoisotopic (exact) mass is 290 g/mol. The van der Waals surface area contributed by atoms with E-state index in [1.807, 2.05) is 0 Å². The normalized spacial score (nSPS) is 31.2. The van der Waals surface area contributed by atoms with Crippen molar-refractivity contribution < 1.29 is 8.78 Å². The molecule has 1 unspecified atom stereocenters. The first kappa shape index (κ1) is 17.4. The Kier molecular flexibility index (Phi) is 5.67. The van der Waals surface area contributed by atoms with Gasteiger partial charge < -0.3 is 10.6 Å². The van der Waals surface area contributed by atoms with Gasteiger partial charge in [-0.05, 0) is 25.9 Å². The Morgan fingerprint density at radius 3 is 1.94 bits per heavy atom. The molecule has 104 valence electrons. The average molecular weight is 291 g/mol. The van der Waals surface area contributed by atoms with Gasteiger partial charge in [0, 0.05) is 23.9 Å². The van der Waals surface area contributed by atoms with Crippen LogP contribution in [0, 0.1) is 11.3 Å². The second-order valence-corrected chi connectivity index (χ2v) is 5.54. The van der Waals surface area contributed by atoms with Gasteiger partial charge in [-0.15, -0.1) is 24.8 Å². The van der Waals surface area contributed by atoms with Crippen LogP contribution in [0.4, 0.5) is 8.78 Å². The summed E-state index contributed by atoms with van der Waals surface area (Å²) in [6, 6.07) is 0.272. The van der Waals surface area contributed by atoms with Gasteiger partial charge in [0.05, 0.1) is 0 Å². The van der Waals surface area contributed by atoms with E-state index in [1.54, 1.807) is 13.8 Å². The van der Waals surface area contributed by atoms with E-state index in [4.69, 9.17) is 5.73 Å². The van der Waals surface area contributed by atoms with Crippen molar-refractivity contribution in [1.29, 1.82) is 0 Å². The van der Waals surface area contributed by atoms with Gasteiger partial charge in [-0.3, -0.25) is 0 Å². The van der Waals surface area contributed by atoms with E-state index in [1.165, 1.54) is 0 Å². The van der Waals surface area contributed by atoms with Gasteiger partial charge in [0.25, 0.3) is 5.92 Å². The lowest BCUT2D eigenvalue weighted by Gasteiger charge is -2.30. The number of hydrogen-bond donors (Lipinski definition) is 1. The first-order chi connectivity index (χ1) is 6.85. The lowest BCUT2D eigenvalue weighted by atomic mass is 10.0. The Hall–Kier alpha value is 0.360. The van der Waals surface area contributed by atoms with Crippen molar-refractivity contribution >= 4 is 24.8 Å². The SMILES string of the molecule is CC1(C)C(CN2CCC(N)CC2)C1(F)F.Cl.Cl. The van der Waals surface area contributed by atoms with Crippen LogP contribution in [0.3, 0.4) is 0 Å². The summed E-state index contributed by atoms with van der Waals surface area (Å²) in [5, 5.41) is 0. The van der Waals surface area contributed by atoms with Gasteiger partial charge in [0.15, 0.2) is 0 Å². The standard InChI is InChI=1S/C11H20F2N2.2ClH/c1-10(2)9(11(10,12)13)7-15-5-3-8(14)4-6-15;;/h8-9H,3-7,14H2,1-2H3;2*1H. The Morgan fingerprint density at radius 1 is 1.18 bits per heavy atom. The topological polar surface area (TPSA) is 29.3 Å².